The zero-order chi connectivity index (χ0) is 18.8. The number of nitrogens with one attached hydrogen (secondary N) is 1. The Morgan fingerprint density at radius 3 is 2.44 bits per heavy atom. The Labute approximate surface area is 145 Å². The van der Waals surface area contributed by atoms with Gasteiger partial charge >= 0.3 is 6.18 Å². The number of thiocarbonyl (C=S) groups is 1. The summed E-state index contributed by atoms with van der Waals surface area (Å²) in [4.78, 5) is 12.1. The molecule has 0 radical (unpaired) electrons. The second kappa shape index (κ2) is 7.05. The summed E-state index contributed by atoms with van der Waals surface area (Å²) in [7, 11) is 0. The topological polar surface area (TPSA) is 76.2 Å². The molecule has 11 heteroatoms. The zero-order valence-electron chi connectivity index (χ0n) is 12.8. The van der Waals surface area contributed by atoms with Crippen LogP contribution in [0.4, 0.5) is 23.2 Å². The fourth-order valence-electron chi connectivity index (χ4n) is 1.94. The van der Waals surface area contributed by atoms with E-state index in [1.54, 1.807) is 0 Å². The number of hydrogen-bond donors (Lipinski definition) is 2. The van der Waals surface area contributed by atoms with Crippen molar-refractivity contribution in [2.75, 3.05) is 5.01 Å². The Hall–Kier alpha value is -2.69. The minimum absolute atomic E-state index is 0.158. The van der Waals surface area contributed by atoms with Crippen LogP contribution in [0.25, 0.3) is 0 Å². The summed E-state index contributed by atoms with van der Waals surface area (Å²) in [6, 6.07) is 5.77. The summed E-state index contributed by atoms with van der Waals surface area (Å²) in [5, 5.41) is 4.14. The first-order valence-corrected chi connectivity index (χ1v) is 7.25. The van der Waals surface area contributed by atoms with Crippen molar-refractivity contribution in [3.8, 4) is 0 Å². The lowest BCUT2D eigenvalue weighted by Crippen LogP contribution is -2.50. The molecule has 0 aliphatic heterocycles. The molecule has 1 aromatic heterocycles. The van der Waals surface area contributed by atoms with Gasteiger partial charge in [0.1, 0.15) is 12.4 Å². The number of carbonyl (C=O) groups excluding carboxylic acids is 1. The van der Waals surface area contributed by atoms with Crippen LogP contribution in [0.15, 0.2) is 30.3 Å². The number of aromatic nitrogens is 2. The van der Waals surface area contributed by atoms with Crippen molar-refractivity contribution in [3.05, 3.63) is 47.5 Å². The minimum Gasteiger partial charge on any atom is -0.374 e. The van der Waals surface area contributed by atoms with E-state index < -0.39 is 30.1 Å². The van der Waals surface area contributed by atoms with Crippen LogP contribution in [-0.4, -0.2) is 20.8 Å². The lowest BCUT2D eigenvalue weighted by Gasteiger charge is -2.23. The fourth-order valence-corrected chi connectivity index (χ4v) is 2.09. The quantitative estimate of drug-likeness (QED) is 0.488. The lowest BCUT2D eigenvalue weighted by molar-refractivity contribution is -0.141. The summed E-state index contributed by atoms with van der Waals surface area (Å²) < 4.78 is 51.8. The first-order valence-electron chi connectivity index (χ1n) is 6.84. The minimum atomic E-state index is -4.61. The van der Waals surface area contributed by atoms with E-state index >= 15 is 0 Å². The van der Waals surface area contributed by atoms with Gasteiger partial charge in [-0.15, -0.1) is 0 Å². The molecule has 0 unspecified atom stereocenters. The lowest BCUT2D eigenvalue weighted by atomic mass is 10.3. The van der Waals surface area contributed by atoms with Gasteiger partial charge in [-0.05, 0) is 49.5 Å². The van der Waals surface area contributed by atoms with Gasteiger partial charge in [0.15, 0.2) is 10.8 Å². The zero-order valence-corrected chi connectivity index (χ0v) is 13.7. The number of carbonyl (C=O) groups is 1. The van der Waals surface area contributed by atoms with Gasteiger partial charge in [0.2, 0.25) is 0 Å². The molecule has 0 atom stereocenters. The molecule has 0 aliphatic rings. The van der Waals surface area contributed by atoms with Crippen LogP contribution in [0.3, 0.4) is 0 Å². The molecule has 0 saturated heterocycles. The van der Waals surface area contributed by atoms with Crippen LogP contribution < -0.4 is 16.2 Å². The van der Waals surface area contributed by atoms with E-state index in [1.807, 2.05) is 0 Å². The number of aryl methyl sites for hydroxylation is 1. The SMILES string of the molecule is Cc1cc(C(F)(F)F)nn1CC(=O)NN(C(N)=S)c1ccc(F)cc1. The van der Waals surface area contributed by atoms with Gasteiger partial charge in [0.25, 0.3) is 5.91 Å². The van der Waals surface area contributed by atoms with E-state index in [1.165, 1.54) is 19.1 Å². The van der Waals surface area contributed by atoms with Crippen molar-refractivity contribution < 1.29 is 22.4 Å². The monoisotopic (exact) mass is 375 g/mol. The number of alkyl halides is 3. The normalized spacial score (nSPS) is 11.2. The Morgan fingerprint density at radius 2 is 1.96 bits per heavy atom. The number of amides is 1. The number of nitrogens with zero attached hydrogens (tertiary/aromatic N) is 3. The number of halogens is 4. The van der Waals surface area contributed by atoms with Gasteiger partial charge in [0, 0.05) is 5.69 Å². The summed E-state index contributed by atoms with van der Waals surface area (Å²) in [6.45, 7) is 0.906. The Bertz CT molecular complexity index is 788. The molecule has 0 fully saturated rings. The maximum Gasteiger partial charge on any atom is 0.435 e. The number of rotatable bonds is 3. The van der Waals surface area contributed by atoms with Crippen molar-refractivity contribution in [2.45, 2.75) is 19.6 Å². The Balaban J connectivity index is 2.13. The molecule has 2 rings (SSSR count). The molecule has 0 saturated carbocycles. The van der Waals surface area contributed by atoms with E-state index in [9.17, 15) is 22.4 Å². The molecule has 0 bridgehead atoms. The van der Waals surface area contributed by atoms with Gasteiger partial charge in [-0.25, -0.2) is 9.40 Å². The smallest absolute Gasteiger partial charge is 0.374 e. The van der Waals surface area contributed by atoms with Crippen molar-refractivity contribution in [2.24, 2.45) is 5.73 Å². The summed E-state index contributed by atoms with van der Waals surface area (Å²) in [5.74, 6) is -1.21. The molecule has 6 nitrogen and oxygen atoms in total. The van der Waals surface area contributed by atoms with Crippen molar-refractivity contribution in [3.63, 3.8) is 0 Å². The predicted octanol–water partition coefficient (Wildman–Crippen LogP) is 2.13. The molecule has 25 heavy (non-hydrogen) atoms. The van der Waals surface area contributed by atoms with Crippen LogP contribution >= 0.6 is 12.2 Å². The maximum absolute atomic E-state index is 13.0. The number of nitrogens with two attached hydrogens (primary N) is 1. The number of benzene rings is 1. The highest BCUT2D eigenvalue weighted by atomic mass is 32.1. The van der Waals surface area contributed by atoms with E-state index in [0.717, 1.165) is 27.9 Å². The van der Waals surface area contributed by atoms with Gasteiger partial charge < -0.3 is 5.73 Å². The van der Waals surface area contributed by atoms with Gasteiger partial charge in [-0.3, -0.25) is 14.9 Å². The third-order valence-corrected chi connectivity index (χ3v) is 3.29. The van der Waals surface area contributed by atoms with Crippen LogP contribution in [-0.2, 0) is 17.5 Å². The summed E-state index contributed by atoms with van der Waals surface area (Å²) >= 11 is 4.82. The first kappa shape index (κ1) is 18.6. The summed E-state index contributed by atoms with van der Waals surface area (Å²) in [5.41, 5.74) is 7.21. The standard InChI is InChI=1S/C14H13F4N5OS/c1-8-6-11(14(16,17)18)20-22(8)7-12(24)21-23(13(19)25)10-4-2-9(15)3-5-10/h2-6H,7H2,1H3,(H2,19,25)(H,21,24). The van der Waals surface area contributed by atoms with Crippen LogP contribution in [0.5, 0.6) is 0 Å². The van der Waals surface area contributed by atoms with Crippen LogP contribution in [0.1, 0.15) is 11.4 Å². The molecular weight excluding hydrogens is 362 g/mol. The Kier molecular flexibility index (Phi) is 5.26. The molecule has 1 aromatic carbocycles. The first-order chi connectivity index (χ1) is 11.6. The van der Waals surface area contributed by atoms with Crippen molar-refractivity contribution in [1.82, 2.24) is 15.2 Å². The van der Waals surface area contributed by atoms with Gasteiger partial charge in [-0.2, -0.15) is 18.3 Å². The van der Waals surface area contributed by atoms with Crippen LogP contribution in [0, 0.1) is 12.7 Å². The second-order valence-corrected chi connectivity index (χ2v) is 5.43. The highest BCUT2D eigenvalue weighted by Gasteiger charge is 2.34. The molecular formula is C14H13F4N5OS. The molecule has 0 aliphatic carbocycles. The third kappa shape index (κ3) is 4.66. The van der Waals surface area contributed by atoms with E-state index in [4.69, 9.17) is 18.0 Å². The highest BCUT2D eigenvalue weighted by molar-refractivity contribution is 7.80. The number of anilines is 1. The largest absolute Gasteiger partial charge is 0.435 e. The molecule has 1 amide bonds. The second-order valence-electron chi connectivity index (χ2n) is 5.01. The average molecular weight is 375 g/mol. The van der Waals surface area contributed by atoms with E-state index in [0.29, 0.717) is 0 Å². The molecule has 1 heterocycles. The Morgan fingerprint density at radius 1 is 1.36 bits per heavy atom. The molecule has 134 valence electrons. The van der Waals surface area contributed by atoms with Gasteiger partial charge in [0.05, 0.1) is 5.69 Å². The molecule has 2 aromatic rings. The van der Waals surface area contributed by atoms with E-state index in [2.05, 4.69) is 10.5 Å². The number of hydrazine groups is 1. The van der Waals surface area contributed by atoms with Crippen molar-refractivity contribution in [1.29, 1.82) is 0 Å². The van der Waals surface area contributed by atoms with E-state index in [-0.39, 0.29) is 16.5 Å². The average Bonchev–Trinajstić information content (AvgIpc) is 2.87. The summed E-state index contributed by atoms with van der Waals surface area (Å²) in [6.07, 6.45) is -4.61. The number of hydrogen-bond acceptors (Lipinski definition) is 3. The van der Waals surface area contributed by atoms with Crippen molar-refractivity contribution >= 4 is 28.9 Å². The third-order valence-electron chi connectivity index (χ3n) is 3.11. The van der Waals surface area contributed by atoms with Gasteiger partial charge in [-0.1, -0.05) is 0 Å². The maximum atomic E-state index is 13.0. The highest BCUT2D eigenvalue weighted by Crippen LogP contribution is 2.28. The molecule has 3 N–H and O–H groups in total. The van der Waals surface area contributed by atoms with Crippen LogP contribution in [0.2, 0.25) is 0 Å². The molecule has 0 spiro atoms. The fraction of sp³-hybridized carbons (Fsp3) is 0.214. The predicted molar refractivity (Wildman–Crippen MR) is 85.8 cm³/mol.